The van der Waals surface area contributed by atoms with E-state index in [9.17, 15) is 0 Å². The Balaban J connectivity index is 2.40. The summed E-state index contributed by atoms with van der Waals surface area (Å²) in [5.41, 5.74) is 6.88. The summed E-state index contributed by atoms with van der Waals surface area (Å²) in [6, 6.07) is 11.1. The second-order valence-corrected chi connectivity index (χ2v) is 6.39. The maximum absolute atomic E-state index is 6.12. The monoisotopic (exact) mass is 403 g/mol. The van der Waals surface area contributed by atoms with Crippen LogP contribution >= 0.6 is 43.5 Å². The first-order valence-electron chi connectivity index (χ1n) is 5.65. The number of benzene rings is 2. The molecule has 0 amide bonds. The number of rotatable bonds is 3. The van der Waals surface area contributed by atoms with Crippen molar-refractivity contribution in [1.82, 2.24) is 0 Å². The van der Waals surface area contributed by atoms with Crippen LogP contribution in [-0.2, 0) is 0 Å². The molecule has 1 atom stereocenters. The van der Waals surface area contributed by atoms with E-state index >= 15 is 0 Å². The maximum atomic E-state index is 6.12. The summed E-state index contributed by atoms with van der Waals surface area (Å²) in [4.78, 5) is 0. The SMILES string of the molecule is CC(N)c1cc(Br)ccc1Oc1cc(Br)ccc1Cl. The Labute approximate surface area is 134 Å². The fourth-order valence-corrected chi connectivity index (χ4v) is 2.52. The summed E-state index contributed by atoms with van der Waals surface area (Å²) < 4.78 is 7.75. The van der Waals surface area contributed by atoms with Gasteiger partial charge in [0.25, 0.3) is 0 Å². The molecule has 0 aliphatic heterocycles. The largest absolute Gasteiger partial charge is 0.455 e. The van der Waals surface area contributed by atoms with E-state index in [2.05, 4.69) is 31.9 Å². The molecule has 0 aliphatic rings. The van der Waals surface area contributed by atoms with E-state index in [0.717, 1.165) is 14.5 Å². The first-order chi connectivity index (χ1) is 8.97. The van der Waals surface area contributed by atoms with E-state index in [0.29, 0.717) is 16.5 Å². The van der Waals surface area contributed by atoms with Gasteiger partial charge >= 0.3 is 0 Å². The molecule has 2 aromatic carbocycles. The van der Waals surface area contributed by atoms with Crippen molar-refractivity contribution in [3.63, 3.8) is 0 Å². The second kappa shape index (κ2) is 6.27. The van der Waals surface area contributed by atoms with Crippen molar-refractivity contribution in [2.24, 2.45) is 5.73 Å². The number of ether oxygens (including phenoxy) is 1. The van der Waals surface area contributed by atoms with Crippen LogP contribution in [0.5, 0.6) is 11.5 Å². The van der Waals surface area contributed by atoms with E-state index in [-0.39, 0.29) is 6.04 Å². The predicted molar refractivity (Wildman–Crippen MR) is 86.0 cm³/mol. The van der Waals surface area contributed by atoms with Crippen LogP contribution in [0, 0.1) is 0 Å². The normalized spacial score (nSPS) is 12.3. The average molecular weight is 406 g/mol. The molecular weight excluding hydrogens is 393 g/mol. The summed E-state index contributed by atoms with van der Waals surface area (Å²) >= 11 is 13.0. The highest BCUT2D eigenvalue weighted by Crippen LogP contribution is 2.35. The highest BCUT2D eigenvalue weighted by Gasteiger charge is 2.11. The van der Waals surface area contributed by atoms with Gasteiger partial charge in [-0.25, -0.2) is 0 Å². The van der Waals surface area contributed by atoms with Crippen LogP contribution in [0.3, 0.4) is 0 Å². The fourth-order valence-electron chi connectivity index (χ4n) is 1.64. The molecule has 0 saturated carbocycles. The van der Waals surface area contributed by atoms with Gasteiger partial charge in [-0.2, -0.15) is 0 Å². The number of halogens is 3. The molecule has 0 bridgehead atoms. The molecule has 2 aromatic rings. The van der Waals surface area contributed by atoms with E-state index in [1.165, 1.54) is 0 Å². The zero-order valence-corrected chi connectivity index (χ0v) is 14.1. The Bertz CT molecular complexity index is 602. The lowest BCUT2D eigenvalue weighted by atomic mass is 10.1. The van der Waals surface area contributed by atoms with Gasteiger partial charge in [-0.3, -0.25) is 0 Å². The van der Waals surface area contributed by atoms with Crippen molar-refractivity contribution in [2.45, 2.75) is 13.0 Å². The summed E-state index contributed by atoms with van der Waals surface area (Å²) in [6.45, 7) is 1.91. The van der Waals surface area contributed by atoms with Gasteiger partial charge in [0.1, 0.15) is 11.5 Å². The molecule has 0 spiro atoms. The van der Waals surface area contributed by atoms with Crippen LogP contribution in [0.4, 0.5) is 0 Å². The molecule has 1 unspecified atom stereocenters. The predicted octanol–water partition coefficient (Wildman–Crippen LogP) is 5.68. The smallest absolute Gasteiger partial charge is 0.147 e. The van der Waals surface area contributed by atoms with Crippen molar-refractivity contribution in [3.05, 3.63) is 55.9 Å². The summed E-state index contributed by atoms with van der Waals surface area (Å²) in [5, 5.41) is 0.557. The molecular formula is C14H12Br2ClNO. The van der Waals surface area contributed by atoms with E-state index in [4.69, 9.17) is 22.1 Å². The van der Waals surface area contributed by atoms with Crippen molar-refractivity contribution in [3.8, 4) is 11.5 Å². The highest BCUT2D eigenvalue weighted by molar-refractivity contribution is 9.10. The van der Waals surface area contributed by atoms with Gasteiger partial charge in [-0.1, -0.05) is 43.5 Å². The number of hydrogen-bond acceptors (Lipinski definition) is 2. The molecule has 0 fully saturated rings. The standard InChI is InChI=1S/C14H12Br2ClNO/c1-8(18)11-6-9(15)3-5-13(11)19-14-7-10(16)2-4-12(14)17/h2-8H,18H2,1H3. The molecule has 0 radical (unpaired) electrons. The third kappa shape index (κ3) is 3.72. The molecule has 0 saturated heterocycles. The van der Waals surface area contributed by atoms with Crippen molar-refractivity contribution in [1.29, 1.82) is 0 Å². The van der Waals surface area contributed by atoms with Crippen LogP contribution in [0.15, 0.2) is 45.3 Å². The quantitative estimate of drug-likeness (QED) is 0.713. The third-order valence-corrected chi connectivity index (χ3v) is 3.87. The minimum atomic E-state index is -0.126. The topological polar surface area (TPSA) is 35.2 Å². The number of hydrogen-bond donors (Lipinski definition) is 1. The first kappa shape index (κ1) is 14.9. The van der Waals surface area contributed by atoms with E-state index in [1.807, 2.05) is 37.3 Å². The second-order valence-electron chi connectivity index (χ2n) is 4.15. The molecule has 2 nitrogen and oxygen atoms in total. The van der Waals surface area contributed by atoms with Gasteiger partial charge in [-0.15, -0.1) is 0 Å². The van der Waals surface area contributed by atoms with Crippen molar-refractivity contribution < 1.29 is 4.74 Å². The van der Waals surface area contributed by atoms with Gasteiger partial charge in [0, 0.05) is 20.6 Å². The fraction of sp³-hybridized carbons (Fsp3) is 0.143. The van der Waals surface area contributed by atoms with Gasteiger partial charge < -0.3 is 10.5 Å². The highest BCUT2D eigenvalue weighted by atomic mass is 79.9. The van der Waals surface area contributed by atoms with Gasteiger partial charge in [-0.05, 0) is 43.3 Å². The molecule has 2 N–H and O–H groups in total. The lowest BCUT2D eigenvalue weighted by molar-refractivity contribution is 0.472. The number of nitrogens with two attached hydrogens (primary N) is 1. The first-order valence-corrected chi connectivity index (χ1v) is 7.61. The maximum Gasteiger partial charge on any atom is 0.147 e. The molecule has 19 heavy (non-hydrogen) atoms. The Kier molecular flexibility index (Phi) is 4.90. The Morgan fingerprint density at radius 2 is 1.68 bits per heavy atom. The molecule has 5 heteroatoms. The summed E-state index contributed by atoms with van der Waals surface area (Å²) in [6.07, 6.45) is 0. The molecule has 0 heterocycles. The van der Waals surface area contributed by atoms with Crippen LogP contribution in [-0.4, -0.2) is 0 Å². The molecule has 0 aliphatic carbocycles. The van der Waals surface area contributed by atoms with Crippen LogP contribution < -0.4 is 10.5 Å². The van der Waals surface area contributed by atoms with Gasteiger partial charge in [0.15, 0.2) is 0 Å². The van der Waals surface area contributed by atoms with E-state index in [1.54, 1.807) is 6.07 Å². The minimum absolute atomic E-state index is 0.126. The third-order valence-electron chi connectivity index (χ3n) is 2.58. The van der Waals surface area contributed by atoms with Crippen LogP contribution in [0.1, 0.15) is 18.5 Å². The van der Waals surface area contributed by atoms with E-state index < -0.39 is 0 Å². The average Bonchev–Trinajstić information content (AvgIpc) is 2.35. The lowest BCUT2D eigenvalue weighted by Gasteiger charge is -2.15. The van der Waals surface area contributed by atoms with Crippen LogP contribution in [0.2, 0.25) is 5.02 Å². The van der Waals surface area contributed by atoms with Crippen molar-refractivity contribution in [2.75, 3.05) is 0 Å². The molecule has 100 valence electrons. The Morgan fingerprint density at radius 3 is 2.37 bits per heavy atom. The van der Waals surface area contributed by atoms with Gasteiger partial charge in [0.2, 0.25) is 0 Å². The molecule has 2 rings (SSSR count). The minimum Gasteiger partial charge on any atom is -0.455 e. The van der Waals surface area contributed by atoms with Gasteiger partial charge in [0.05, 0.1) is 5.02 Å². The zero-order chi connectivity index (χ0) is 14.0. The Hall–Kier alpha value is -0.550. The summed E-state index contributed by atoms with van der Waals surface area (Å²) in [5.74, 6) is 1.30. The lowest BCUT2D eigenvalue weighted by Crippen LogP contribution is -2.06. The van der Waals surface area contributed by atoms with Crippen LogP contribution in [0.25, 0.3) is 0 Å². The zero-order valence-electron chi connectivity index (χ0n) is 10.2. The Morgan fingerprint density at radius 1 is 1.05 bits per heavy atom. The molecule has 0 aromatic heterocycles. The van der Waals surface area contributed by atoms with Crippen molar-refractivity contribution >= 4 is 43.5 Å². The summed E-state index contributed by atoms with van der Waals surface area (Å²) in [7, 11) is 0.